The number of benzene rings is 1. The molecule has 1 N–H and O–H groups in total. The van der Waals surface area contributed by atoms with E-state index in [1.54, 1.807) is 24.3 Å². The molecule has 5 heteroatoms. The fourth-order valence-electron chi connectivity index (χ4n) is 1.21. The maximum atomic E-state index is 11.9. The van der Waals surface area contributed by atoms with E-state index in [0.29, 0.717) is 0 Å². The molecule has 0 heterocycles. The number of aliphatic hydroxyl groups is 1. The lowest BCUT2D eigenvalue weighted by molar-refractivity contribution is 0.240. The summed E-state index contributed by atoms with van der Waals surface area (Å²) in [7, 11) is -3.37. The Hall–Kier alpha value is -1.06. The largest absolute Gasteiger partial charge is 0.387 e. The van der Waals surface area contributed by atoms with Crippen LogP contribution in [0.15, 0.2) is 46.0 Å². The first-order valence-electron chi connectivity index (χ1n) is 5.41. The molecule has 1 unspecified atom stereocenters. The molecule has 18 heavy (non-hydrogen) atoms. The van der Waals surface area contributed by atoms with E-state index in [1.165, 1.54) is 13.0 Å². The van der Waals surface area contributed by atoms with Crippen molar-refractivity contribution in [2.24, 2.45) is 0 Å². The number of halogens is 1. The summed E-state index contributed by atoms with van der Waals surface area (Å²) in [6, 6.07) is 6.63. The van der Waals surface area contributed by atoms with Crippen molar-refractivity contribution in [1.29, 1.82) is 0 Å². The molecule has 3 nitrogen and oxygen atoms in total. The molecular formula is C13H15ClO3S. The lowest BCUT2D eigenvalue weighted by Gasteiger charge is -2.01. The molecular weight excluding hydrogens is 272 g/mol. The number of hydrogen-bond acceptors (Lipinski definition) is 3. The first kappa shape index (κ1) is 15.0. The number of rotatable bonds is 4. The normalized spacial score (nSPS) is 12.7. The summed E-state index contributed by atoms with van der Waals surface area (Å²) in [5.74, 6) is -0.195. The van der Waals surface area contributed by atoms with E-state index in [-0.39, 0.29) is 15.7 Å². The number of aryl methyl sites for hydroxylation is 1. The van der Waals surface area contributed by atoms with Gasteiger partial charge in [-0.25, -0.2) is 8.42 Å². The van der Waals surface area contributed by atoms with Crippen LogP contribution in [0.2, 0.25) is 0 Å². The van der Waals surface area contributed by atoms with E-state index in [9.17, 15) is 8.42 Å². The van der Waals surface area contributed by atoms with Gasteiger partial charge in [-0.05, 0) is 32.1 Å². The third-order valence-corrected chi connectivity index (χ3v) is 4.31. The zero-order valence-corrected chi connectivity index (χ0v) is 11.8. The van der Waals surface area contributed by atoms with E-state index in [0.717, 1.165) is 5.56 Å². The molecule has 0 spiro atoms. The molecule has 0 aromatic heterocycles. The molecule has 0 aliphatic rings. The molecule has 0 aliphatic heterocycles. The van der Waals surface area contributed by atoms with Crippen LogP contribution in [-0.4, -0.2) is 25.4 Å². The minimum absolute atomic E-state index is 0.0918. The van der Waals surface area contributed by atoms with Gasteiger partial charge in [0.1, 0.15) is 0 Å². The van der Waals surface area contributed by atoms with Crippen molar-refractivity contribution < 1.29 is 13.5 Å². The smallest absolute Gasteiger partial charge is 0.182 e. The van der Waals surface area contributed by atoms with E-state index >= 15 is 0 Å². The highest BCUT2D eigenvalue weighted by molar-refractivity contribution is 7.91. The topological polar surface area (TPSA) is 54.4 Å². The van der Waals surface area contributed by atoms with Crippen LogP contribution in [0.4, 0.5) is 0 Å². The molecule has 0 amide bonds. The number of hydrogen-bond donors (Lipinski definition) is 1. The van der Waals surface area contributed by atoms with E-state index in [4.69, 9.17) is 16.7 Å². The molecule has 0 radical (unpaired) electrons. The van der Waals surface area contributed by atoms with Gasteiger partial charge in [0, 0.05) is 0 Å². The zero-order chi connectivity index (χ0) is 13.8. The van der Waals surface area contributed by atoms with Gasteiger partial charge >= 0.3 is 0 Å². The van der Waals surface area contributed by atoms with Crippen molar-refractivity contribution in [2.45, 2.75) is 24.8 Å². The van der Waals surface area contributed by atoms with Gasteiger partial charge in [-0.3, -0.25) is 0 Å². The Balaban J connectivity index is 2.90. The van der Waals surface area contributed by atoms with Crippen molar-refractivity contribution >= 4 is 21.4 Å². The maximum absolute atomic E-state index is 11.9. The van der Waals surface area contributed by atoms with Gasteiger partial charge in [0.2, 0.25) is 0 Å². The summed E-state index contributed by atoms with van der Waals surface area (Å²) < 4.78 is 23.8. The Morgan fingerprint density at radius 1 is 1.44 bits per heavy atom. The average molecular weight is 287 g/mol. The van der Waals surface area contributed by atoms with Crippen molar-refractivity contribution in [3.8, 4) is 0 Å². The second-order valence-corrected chi connectivity index (χ2v) is 6.41. The van der Waals surface area contributed by atoms with E-state index in [1.807, 2.05) is 6.92 Å². The summed E-state index contributed by atoms with van der Waals surface area (Å²) >= 11 is 5.64. The van der Waals surface area contributed by atoms with Gasteiger partial charge in [0.05, 0.1) is 21.8 Å². The number of aliphatic hydroxyl groups excluding tert-OH is 1. The summed E-state index contributed by atoms with van der Waals surface area (Å²) in [6.45, 7) is 3.37. The Morgan fingerprint density at radius 2 is 2.00 bits per heavy atom. The SMILES string of the molecule is Cc1ccc(S(=O)(=O)CC=C=C(Cl)C(C)O)cc1. The molecule has 1 aromatic carbocycles. The first-order chi connectivity index (χ1) is 8.33. The van der Waals surface area contributed by atoms with Crippen molar-refractivity contribution in [2.75, 3.05) is 5.75 Å². The van der Waals surface area contributed by atoms with Crippen LogP contribution < -0.4 is 0 Å². The Bertz CT molecular complexity index is 565. The van der Waals surface area contributed by atoms with Crippen LogP contribution in [0.3, 0.4) is 0 Å². The molecule has 0 saturated carbocycles. The highest BCUT2D eigenvalue weighted by atomic mass is 35.5. The zero-order valence-electron chi connectivity index (χ0n) is 10.2. The van der Waals surface area contributed by atoms with E-state index < -0.39 is 15.9 Å². The van der Waals surface area contributed by atoms with Crippen molar-refractivity contribution in [1.82, 2.24) is 0 Å². The minimum atomic E-state index is -3.37. The molecule has 1 aromatic rings. The predicted molar refractivity (Wildman–Crippen MR) is 72.4 cm³/mol. The molecule has 0 aliphatic carbocycles. The third-order valence-electron chi connectivity index (χ3n) is 2.29. The van der Waals surface area contributed by atoms with E-state index in [2.05, 4.69) is 5.73 Å². The summed E-state index contributed by atoms with van der Waals surface area (Å²) in [6.07, 6.45) is 0.467. The van der Waals surface area contributed by atoms with Crippen LogP contribution >= 0.6 is 11.6 Å². The summed E-state index contributed by atoms with van der Waals surface area (Å²) in [5, 5.41) is 9.19. The van der Waals surface area contributed by atoms with Crippen LogP contribution in [0.1, 0.15) is 12.5 Å². The molecule has 0 fully saturated rings. The molecule has 0 bridgehead atoms. The minimum Gasteiger partial charge on any atom is -0.387 e. The lowest BCUT2D eigenvalue weighted by Crippen LogP contribution is -2.04. The fraction of sp³-hybridized carbons (Fsp3) is 0.308. The molecule has 0 saturated heterocycles. The van der Waals surface area contributed by atoms with Gasteiger partial charge in [-0.15, -0.1) is 5.73 Å². The fourth-order valence-corrected chi connectivity index (χ4v) is 2.33. The standard InChI is InChI=1S/C13H15ClO3S/c1-10-5-7-12(8-6-10)18(16,17)9-3-4-13(14)11(2)15/h3,5-8,11,15H,9H2,1-2H3. The van der Waals surface area contributed by atoms with Gasteiger partial charge in [-0.1, -0.05) is 29.3 Å². The first-order valence-corrected chi connectivity index (χ1v) is 7.44. The van der Waals surface area contributed by atoms with Crippen LogP contribution in [0.25, 0.3) is 0 Å². The van der Waals surface area contributed by atoms with Crippen LogP contribution in [-0.2, 0) is 9.84 Å². The maximum Gasteiger partial charge on any atom is 0.182 e. The van der Waals surface area contributed by atoms with Gasteiger partial charge < -0.3 is 5.11 Å². The highest BCUT2D eigenvalue weighted by Crippen LogP contribution is 2.12. The second-order valence-electron chi connectivity index (χ2n) is 3.97. The summed E-state index contributed by atoms with van der Waals surface area (Å²) in [5.41, 5.74) is 3.55. The van der Waals surface area contributed by atoms with Crippen LogP contribution in [0.5, 0.6) is 0 Å². The monoisotopic (exact) mass is 286 g/mol. The Labute approximate surface area is 112 Å². The van der Waals surface area contributed by atoms with Crippen molar-refractivity contribution in [3.63, 3.8) is 0 Å². The highest BCUT2D eigenvalue weighted by Gasteiger charge is 2.11. The molecule has 1 rings (SSSR count). The Morgan fingerprint density at radius 3 is 2.50 bits per heavy atom. The lowest BCUT2D eigenvalue weighted by atomic mass is 10.2. The van der Waals surface area contributed by atoms with Gasteiger partial charge in [-0.2, -0.15) is 0 Å². The third kappa shape index (κ3) is 4.31. The average Bonchev–Trinajstić information content (AvgIpc) is 2.29. The van der Waals surface area contributed by atoms with Crippen LogP contribution in [0, 0.1) is 6.92 Å². The second kappa shape index (κ2) is 6.21. The molecule has 98 valence electrons. The van der Waals surface area contributed by atoms with Gasteiger partial charge in [0.15, 0.2) is 9.84 Å². The predicted octanol–water partition coefficient (Wildman–Crippen LogP) is 2.43. The van der Waals surface area contributed by atoms with Crippen molar-refractivity contribution in [3.05, 3.63) is 46.7 Å². The Kier molecular flexibility index (Phi) is 5.17. The summed E-state index contributed by atoms with van der Waals surface area (Å²) in [4.78, 5) is 0.263. The van der Waals surface area contributed by atoms with Gasteiger partial charge in [0.25, 0.3) is 0 Å². The quantitative estimate of drug-likeness (QED) is 0.865. The number of sulfone groups is 1. The molecule has 1 atom stereocenters.